The first-order chi connectivity index (χ1) is 14.1. The lowest BCUT2D eigenvalue weighted by Crippen LogP contribution is -2.33. The summed E-state index contributed by atoms with van der Waals surface area (Å²) >= 11 is 0. The number of amides is 2. The molecule has 0 saturated heterocycles. The van der Waals surface area contributed by atoms with Gasteiger partial charge in [0.25, 0.3) is 11.8 Å². The lowest BCUT2D eigenvalue weighted by molar-refractivity contribution is -0.118. The molecule has 30 heavy (non-hydrogen) atoms. The highest BCUT2D eigenvalue weighted by atomic mass is 32.2. The van der Waals surface area contributed by atoms with Crippen molar-refractivity contribution in [3.63, 3.8) is 0 Å². The van der Waals surface area contributed by atoms with Crippen molar-refractivity contribution in [2.24, 2.45) is 0 Å². The van der Waals surface area contributed by atoms with Gasteiger partial charge in [0, 0.05) is 13.1 Å². The van der Waals surface area contributed by atoms with E-state index in [0.29, 0.717) is 22.7 Å². The molecule has 0 aliphatic carbocycles. The molecule has 2 amide bonds. The van der Waals surface area contributed by atoms with Gasteiger partial charge in [0.05, 0.1) is 23.2 Å². The maximum atomic E-state index is 12.4. The van der Waals surface area contributed by atoms with E-state index >= 15 is 0 Å². The molecule has 2 rings (SSSR count). The Hall–Kier alpha value is -3.07. The Bertz CT molecular complexity index is 990. The summed E-state index contributed by atoms with van der Waals surface area (Å²) in [6, 6.07) is 13.1. The molecule has 0 aromatic heterocycles. The van der Waals surface area contributed by atoms with Crippen LogP contribution in [-0.4, -0.2) is 46.2 Å². The third-order valence-corrected chi connectivity index (χ3v) is 5.71. The van der Waals surface area contributed by atoms with E-state index in [4.69, 9.17) is 4.74 Å². The maximum absolute atomic E-state index is 12.4. The lowest BCUT2D eigenvalue weighted by atomic mass is 10.1. The van der Waals surface area contributed by atoms with Crippen LogP contribution in [0.15, 0.2) is 48.5 Å². The van der Waals surface area contributed by atoms with Gasteiger partial charge in [-0.3, -0.25) is 13.9 Å². The van der Waals surface area contributed by atoms with E-state index in [-0.39, 0.29) is 18.6 Å². The number of nitrogens with zero attached hydrogens (tertiary/aromatic N) is 1. The standard InChI is InChI=1S/C21H27N3O5S/c1-5-15(2)22-21(26)18-8-6-7-9-19(18)23-20(25)14-29-17-12-10-16(11-13-17)24(3)30(4,27)28/h6-13,15H,5,14H2,1-4H3,(H,22,26)(H,23,25)/t15-/m1/s1. The van der Waals surface area contributed by atoms with Gasteiger partial charge in [-0.25, -0.2) is 8.42 Å². The maximum Gasteiger partial charge on any atom is 0.262 e. The Morgan fingerprint density at radius 3 is 2.33 bits per heavy atom. The highest BCUT2D eigenvalue weighted by Crippen LogP contribution is 2.20. The van der Waals surface area contributed by atoms with Gasteiger partial charge >= 0.3 is 0 Å². The Labute approximate surface area is 177 Å². The average Bonchev–Trinajstić information content (AvgIpc) is 2.71. The van der Waals surface area contributed by atoms with E-state index in [2.05, 4.69) is 10.6 Å². The molecule has 2 N–H and O–H groups in total. The van der Waals surface area contributed by atoms with E-state index in [1.807, 2.05) is 13.8 Å². The predicted octanol–water partition coefficient (Wildman–Crippen LogP) is 2.63. The van der Waals surface area contributed by atoms with E-state index in [0.717, 1.165) is 17.0 Å². The first-order valence-corrected chi connectivity index (χ1v) is 11.3. The summed E-state index contributed by atoms with van der Waals surface area (Å²) in [6.07, 6.45) is 1.91. The number of sulfonamides is 1. The van der Waals surface area contributed by atoms with Crippen LogP contribution in [0.3, 0.4) is 0 Å². The fourth-order valence-corrected chi connectivity index (χ4v) is 2.98. The molecule has 0 spiro atoms. The minimum absolute atomic E-state index is 0.0225. The van der Waals surface area contributed by atoms with Gasteiger partial charge in [-0.05, 0) is 49.7 Å². The summed E-state index contributed by atoms with van der Waals surface area (Å²) < 4.78 is 29.7. The largest absolute Gasteiger partial charge is 0.484 e. The monoisotopic (exact) mass is 433 g/mol. The number of para-hydroxylation sites is 1. The van der Waals surface area contributed by atoms with Crippen LogP contribution in [0.25, 0.3) is 0 Å². The number of hydrogen-bond donors (Lipinski definition) is 2. The van der Waals surface area contributed by atoms with Gasteiger partial charge < -0.3 is 15.4 Å². The van der Waals surface area contributed by atoms with E-state index in [1.54, 1.807) is 48.5 Å². The van der Waals surface area contributed by atoms with Crippen molar-refractivity contribution >= 4 is 33.2 Å². The fourth-order valence-electron chi connectivity index (χ4n) is 2.47. The molecule has 0 bridgehead atoms. The summed E-state index contributed by atoms with van der Waals surface area (Å²) in [5, 5.41) is 5.56. The number of ether oxygens (including phenoxy) is 1. The normalized spacial score (nSPS) is 12.0. The van der Waals surface area contributed by atoms with E-state index < -0.39 is 15.9 Å². The van der Waals surface area contributed by atoms with Crippen LogP contribution >= 0.6 is 0 Å². The zero-order valence-electron chi connectivity index (χ0n) is 17.5. The molecule has 0 radical (unpaired) electrons. The minimum Gasteiger partial charge on any atom is -0.484 e. The third-order valence-electron chi connectivity index (χ3n) is 4.50. The quantitative estimate of drug-likeness (QED) is 0.633. The zero-order chi connectivity index (χ0) is 22.3. The predicted molar refractivity (Wildman–Crippen MR) is 117 cm³/mol. The molecule has 162 valence electrons. The molecular formula is C21H27N3O5S. The van der Waals surface area contributed by atoms with Crippen LogP contribution in [0.5, 0.6) is 5.75 Å². The molecule has 9 heteroatoms. The van der Waals surface area contributed by atoms with Crippen molar-refractivity contribution in [2.75, 3.05) is 29.5 Å². The molecule has 0 fully saturated rings. The molecule has 0 heterocycles. The van der Waals surface area contributed by atoms with Gasteiger partial charge in [0.15, 0.2) is 6.61 Å². The van der Waals surface area contributed by atoms with Crippen molar-refractivity contribution in [1.82, 2.24) is 5.32 Å². The smallest absolute Gasteiger partial charge is 0.262 e. The van der Waals surface area contributed by atoms with Crippen molar-refractivity contribution in [3.8, 4) is 5.75 Å². The molecule has 8 nitrogen and oxygen atoms in total. The second kappa shape index (κ2) is 10.1. The first kappa shape index (κ1) is 23.2. The van der Waals surface area contributed by atoms with Crippen LogP contribution in [0.2, 0.25) is 0 Å². The van der Waals surface area contributed by atoms with Gasteiger partial charge in [0.1, 0.15) is 5.75 Å². The Kier molecular flexibility index (Phi) is 7.82. The van der Waals surface area contributed by atoms with Crippen molar-refractivity contribution in [1.29, 1.82) is 0 Å². The lowest BCUT2D eigenvalue weighted by Gasteiger charge is -2.17. The van der Waals surface area contributed by atoms with Gasteiger partial charge in [-0.15, -0.1) is 0 Å². The van der Waals surface area contributed by atoms with Gasteiger partial charge in [-0.2, -0.15) is 0 Å². The molecule has 0 aliphatic heterocycles. The van der Waals surface area contributed by atoms with Gasteiger partial charge in [0.2, 0.25) is 10.0 Å². The van der Waals surface area contributed by atoms with E-state index in [1.165, 1.54) is 7.05 Å². The summed E-state index contributed by atoms with van der Waals surface area (Å²) in [4.78, 5) is 24.7. The average molecular weight is 434 g/mol. The molecule has 0 saturated carbocycles. The minimum atomic E-state index is -3.35. The number of nitrogens with one attached hydrogen (secondary N) is 2. The highest BCUT2D eigenvalue weighted by molar-refractivity contribution is 7.92. The van der Waals surface area contributed by atoms with E-state index in [9.17, 15) is 18.0 Å². The van der Waals surface area contributed by atoms with Crippen LogP contribution in [-0.2, 0) is 14.8 Å². The topological polar surface area (TPSA) is 105 Å². The Morgan fingerprint density at radius 2 is 1.73 bits per heavy atom. The van der Waals surface area contributed by atoms with Crippen LogP contribution in [0.1, 0.15) is 30.6 Å². The van der Waals surface area contributed by atoms with Crippen LogP contribution in [0, 0.1) is 0 Å². The summed E-state index contributed by atoms with van der Waals surface area (Å²) in [7, 11) is -1.90. The molecule has 2 aromatic carbocycles. The second-order valence-electron chi connectivity index (χ2n) is 6.89. The zero-order valence-corrected chi connectivity index (χ0v) is 18.3. The number of carbonyl (C=O) groups is 2. The molecule has 2 aromatic rings. The Balaban J connectivity index is 1.98. The molecule has 1 atom stereocenters. The van der Waals surface area contributed by atoms with Gasteiger partial charge in [-0.1, -0.05) is 19.1 Å². The number of benzene rings is 2. The fraction of sp³-hybridized carbons (Fsp3) is 0.333. The molecular weight excluding hydrogens is 406 g/mol. The van der Waals surface area contributed by atoms with Crippen molar-refractivity contribution in [3.05, 3.63) is 54.1 Å². The molecule has 0 unspecified atom stereocenters. The first-order valence-electron chi connectivity index (χ1n) is 9.48. The summed E-state index contributed by atoms with van der Waals surface area (Å²) in [5.74, 6) is -0.263. The highest BCUT2D eigenvalue weighted by Gasteiger charge is 2.15. The molecule has 0 aliphatic rings. The third kappa shape index (κ3) is 6.48. The Morgan fingerprint density at radius 1 is 1.10 bits per heavy atom. The van der Waals surface area contributed by atoms with Crippen LogP contribution in [0.4, 0.5) is 11.4 Å². The van der Waals surface area contributed by atoms with Crippen molar-refractivity contribution in [2.45, 2.75) is 26.3 Å². The number of rotatable bonds is 9. The number of hydrogen-bond acceptors (Lipinski definition) is 5. The summed E-state index contributed by atoms with van der Waals surface area (Å²) in [6.45, 7) is 3.62. The van der Waals surface area contributed by atoms with Crippen LogP contribution < -0.4 is 19.7 Å². The van der Waals surface area contributed by atoms with Crippen molar-refractivity contribution < 1.29 is 22.7 Å². The second-order valence-corrected chi connectivity index (χ2v) is 8.90. The number of anilines is 2. The SMILES string of the molecule is CC[C@@H](C)NC(=O)c1ccccc1NC(=O)COc1ccc(N(C)S(C)(=O)=O)cc1. The number of carbonyl (C=O) groups excluding carboxylic acids is 2. The summed E-state index contributed by atoms with van der Waals surface area (Å²) in [5.41, 5.74) is 1.26.